The third kappa shape index (κ3) is 4.91. The van der Waals surface area contributed by atoms with Crippen LogP contribution in [0, 0.1) is 6.92 Å². The quantitative estimate of drug-likeness (QED) is 0.628. The molecule has 28 heavy (non-hydrogen) atoms. The Morgan fingerprint density at radius 2 is 1.64 bits per heavy atom. The number of aryl methyl sites for hydroxylation is 1. The van der Waals surface area contributed by atoms with Crippen LogP contribution in [0.5, 0.6) is 0 Å². The molecule has 0 atom stereocenters. The second kappa shape index (κ2) is 8.46. The molecule has 0 aliphatic heterocycles. The molecule has 0 aromatic heterocycles. The molecule has 5 nitrogen and oxygen atoms in total. The minimum atomic E-state index is -3.75. The summed E-state index contributed by atoms with van der Waals surface area (Å²) in [7, 11) is -3.75. The number of carbonyl (C=O) groups is 1. The van der Waals surface area contributed by atoms with Crippen LogP contribution in [0.1, 0.15) is 21.5 Å². The van der Waals surface area contributed by atoms with Crippen LogP contribution in [0.4, 0.5) is 5.69 Å². The van der Waals surface area contributed by atoms with E-state index in [1.807, 2.05) is 31.2 Å². The van der Waals surface area contributed by atoms with E-state index < -0.39 is 10.0 Å². The predicted molar refractivity (Wildman–Crippen MR) is 111 cm³/mol. The Morgan fingerprint density at radius 1 is 0.964 bits per heavy atom. The van der Waals surface area contributed by atoms with Gasteiger partial charge in [0.15, 0.2) is 0 Å². The first-order valence-electron chi connectivity index (χ1n) is 8.56. The van der Waals surface area contributed by atoms with Crippen molar-refractivity contribution in [2.45, 2.75) is 18.4 Å². The second-order valence-corrected chi connectivity index (χ2v) is 8.37. The van der Waals surface area contributed by atoms with Crippen molar-refractivity contribution in [2.75, 3.05) is 4.72 Å². The third-order valence-corrected chi connectivity index (χ3v) is 5.82. The molecule has 7 heteroatoms. The highest BCUT2D eigenvalue weighted by Gasteiger charge is 2.16. The normalized spacial score (nSPS) is 11.1. The van der Waals surface area contributed by atoms with E-state index in [1.165, 1.54) is 30.3 Å². The van der Waals surface area contributed by atoms with Crippen molar-refractivity contribution < 1.29 is 13.2 Å². The molecule has 0 unspecified atom stereocenters. The third-order valence-electron chi connectivity index (χ3n) is 4.09. The molecule has 1 amide bonds. The van der Waals surface area contributed by atoms with E-state index in [2.05, 4.69) is 10.0 Å². The Hall–Kier alpha value is -2.83. The molecule has 2 N–H and O–H groups in total. The molecule has 0 spiro atoms. The fourth-order valence-corrected chi connectivity index (χ4v) is 3.83. The number of sulfonamides is 1. The summed E-state index contributed by atoms with van der Waals surface area (Å²) in [6, 6.07) is 20.2. The highest BCUT2D eigenvalue weighted by molar-refractivity contribution is 7.92. The van der Waals surface area contributed by atoms with Crippen LogP contribution < -0.4 is 10.0 Å². The molecule has 0 fully saturated rings. The summed E-state index contributed by atoms with van der Waals surface area (Å²) in [5.74, 6) is -0.383. The molecular weight excluding hydrogens is 396 g/mol. The topological polar surface area (TPSA) is 75.3 Å². The minimum absolute atomic E-state index is 0.135. The van der Waals surface area contributed by atoms with Gasteiger partial charge in [-0.1, -0.05) is 59.6 Å². The van der Waals surface area contributed by atoms with Crippen molar-refractivity contribution in [1.29, 1.82) is 0 Å². The van der Waals surface area contributed by atoms with Gasteiger partial charge in [0.05, 0.1) is 15.5 Å². The van der Waals surface area contributed by atoms with Gasteiger partial charge in [-0.2, -0.15) is 0 Å². The molecule has 144 valence electrons. The zero-order valence-electron chi connectivity index (χ0n) is 15.1. The number of carbonyl (C=O) groups excluding carboxylic acids is 1. The molecular formula is C21H19ClN2O3S. The van der Waals surface area contributed by atoms with Gasteiger partial charge in [0, 0.05) is 12.2 Å². The van der Waals surface area contributed by atoms with E-state index in [0.29, 0.717) is 6.54 Å². The summed E-state index contributed by atoms with van der Waals surface area (Å²) >= 11 is 6.14. The fraction of sp³-hybridized carbons (Fsp3) is 0.0952. The average molecular weight is 415 g/mol. The molecule has 0 aliphatic rings. The largest absolute Gasteiger partial charge is 0.348 e. The van der Waals surface area contributed by atoms with Gasteiger partial charge in [-0.15, -0.1) is 0 Å². The van der Waals surface area contributed by atoms with E-state index in [4.69, 9.17) is 11.6 Å². The van der Waals surface area contributed by atoms with Crippen LogP contribution in [0.15, 0.2) is 77.7 Å². The van der Waals surface area contributed by atoms with E-state index in [9.17, 15) is 13.2 Å². The lowest BCUT2D eigenvalue weighted by Gasteiger charge is -2.11. The van der Waals surface area contributed by atoms with Gasteiger partial charge in [-0.25, -0.2) is 8.42 Å². The van der Waals surface area contributed by atoms with E-state index in [0.717, 1.165) is 11.1 Å². The van der Waals surface area contributed by atoms with Crippen molar-refractivity contribution in [3.05, 3.63) is 94.5 Å². The summed E-state index contributed by atoms with van der Waals surface area (Å²) in [5, 5.41) is 3.04. The summed E-state index contributed by atoms with van der Waals surface area (Å²) in [6.45, 7) is 2.33. The average Bonchev–Trinajstić information content (AvgIpc) is 2.69. The highest BCUT2D eigenvalue weighted by Crippen LogP contribution is 2.23. The summed E-state index contributed by atoms with van der Waals surface area (Å²) in [5.41, 5.74) is 2.54. The standard InChI is InChI=1S/C21H19ClN2O3S/c1-15-7-9-16(10-8-15)14-23-21(25)19-13-17(11-12-20(19)22)24-28(26,27)18-5-3-2-4-6-18/h2-13,24H,14H2,1H3,(H,23,25). The molecule has 3 aromatic carbocycles. The van der Waals surface area contributed by atoms with Crippen molar-refractivity contribution in [1.82, 2.24) is 5.32 Å². The van der Waals surface area contributed by atoms with Crippen LogP contribution in [0.25, 0.3) is 0 Å². The lowest BCUT2D eigenvalue weighted by atomic mass is 10.1. The molecule has 0 aliphatic carbocycles. The number of halogens is 1. The van der Waals surface area contributed by atoms with Crippen molar-refractivity contribution >= 4 is 33.2 Å². The van der Waals surface area contributed by atoms with Gasteiger partial charge in [0.2, 0.25) is 0 Å². The van der Waals surface area contributed by atoms with Crippen LogP contribution in [-0.4, -0.2) is 14.3 Å². The van der Waals surface area contributed by atoms with Crippen molar-refractivity contribution in [2.24, 2.45) is 0 Å². The predicted octanol–water partition coefficient (Wildman–Crippen LogP) is 4.38. The van der Waals surface area contributed by atoms with Gasteiger partial charge in [0.25, 0.3) is 15.9 Å². The molecule has 3 aromatic rings. The molecule has 0 heterocycles. The maximum absolute atomic E-state index is 12.5. The molecule has 0 saturated heterocycles. The second-order valence-electron chi connectivity index (χ2n) is 6.28. The van der Waals surface area contributed by atoms with Crippen LogP contribution in [0.3, 0.4) is 0 Å². The Balaban J connectivity index is 1.75. The Bertz CT molecular complexity index is 1080. The van der Waals surface area contributed by atoms with Gasteiger partial charge in [0.1, 0.15) is 0 Å². The lowest BCUT2D eigenvalue weighted by Crippen LogP contribution is -2.23. The first-order valence-corrected chi connectivity index (χ1v) is 10.4. The number of amides is 1. The molecule has 0 saturated carbocycles. The minimum Gasteiger partial charge on any atom is -0.348 e. The number of anilines is 1. The van der Waals surface area contributed by atoms with Gasteiger partial charge in [-0.3, -0.25) is 9.52 Å². The van der Waals surface area contributed by atoms with Crippen LogP contribution in [-0.2, 0) is 16.6 Å². The Morgan fingerprint density at radius 3 is 2.32 bits per heavy atom. The Kier molecular flexibility index (Phi) is 6.02. The molecule has 3 rings (SSSR count). The smallest absolute Gasteiger partial charge is 0.261 e. The Labute approximate surface area is 169 Å². The van der Waals surface area contributed by atoms with Gasteiger partial charge < -0.3 is 5.32 Å². The number of rotatable bonds is 6. The summed E-state index contributed by atoms with van der Waals surface area (Å²) in [4.78, 5) is 12.7. The number of hydrogen-bond donors (Lipinski definition) is 2. The SMILES string of the molecule is Cc1ccc(CNC(=O)c2cc(NS(=O)(=O)c3ccccc3)ccc2Cl)cc1. The monoisotopic (exact) mass is 414 g/mol. The zero-order chi connectivity index (χ0) is 20.1. The summed E-state index contributed by atoms with van der Waals surface area (Å²) < 4.78 is 27.4. The van der Waals surface area contributed by atoms with Crippen molar-refractivity contribution in [3.8, 4) is 0 Å². The zero-order valence-corrected chi connectivity index (χ0v) is 16.7. The molecule has 0 radical (unpaired) electrons. The lowest BCUT2D eigenvalue weighted by molar-refractivity contribution is 0.0951. The first kappa shape index (κ1) is 19.9. The van der Waals surface area contributed by atoms with Crippen LogP contribution in [0.2, 0.25) is 5.02 Å². The first-order chi connectivity index (χ1) is 13.3. The van der Waals surface area contributed by atoms with Crippen molar-refractivity contribution in [3.63, 3.8) is 0 Å². The van der Waals surface area contributed by atoms with E-state index in [1.54, 1.807) is 18.2 Å². The van der Waals surface area contributed by atoms with E-state index in [-0.39, 0.29) is 27.1 Å². The van der Waals surface area contributed by atoms with E-state index >= 15 is 0 Å². The van der Waals surface area contributed by atoms with Crippen LogP contribution >= 0.6 is 11.6 Å². The van der Waals surface area contributed by atoms with Gasteiger partial charge in [-0.05, 0) is 42.8 Å². The fourth-order valence-electron chi connectivity index (χ4n) is 2.56. The number of nitrogens with one attached hydrogen (secondary N) is 2. The maximum atomic E-state index is 12.5. The van der Waals surface area contributed by atoms with Gasteiger partial charge >= 0.3 is 0 Å². The molecule has 0 bridgehead atoms. The number of benzene rings is 3. The summed E-state index contributed by atoms with van der Waals surface area (Å²) in [6.07, 6.45) is 0. The highest BCUT2D eigenvalue weighted by atomic mass is 35.5. The maximum Gasteiger partial charge on any atom is 0.261 e. The number of hydrogen-bond acceptors (Lipinski definition) is 3.